The van der Waals surface area contributed by atoms with E-state index in [4.69, 9.17) is 4.74 Å². The summed E-state index contributed by atoms with van der Waals surface area (Å²) in [7, 11) is 1.58. The van der Waals surface area contributed by atoms with Crippen LogP contribution in [0, 0.1) is 5.92 Å². The summed E-state index contributed by atoms with van der Waals surface area (Å²) in [4.78, 5) is 26.9. The number of carbonyl (C=O) groups excluding carboxylic acids is 2. The second-order valence-electron chi connectivity index (χ2n) is 6.58. The minimum atomic E-state index is -0.234. The molecule has 1 saturated heterocycles. The first-order chi connectivity index (χ1) is 12.0. The van der Waals surface area contributed by atoms with Crippen LogP contribution in [0.5, 0.6) is 5.75 Å². The Bertz CT molecular complexity index is 584. The van der Waals surface area contributed by atoms with Gasteiger partial charge in [0.05, 0.1) is 12.8 Å². The maximum absolute atomic E-state index is 12.1. The van der Waals surface area contributed by atoms with E-state index in [1.54, 1.807) is 12.0 Å². The van der Waals surface area contributed by atoms with Crippen LogP contribution in [0.3, 0.4) is 0 Å². The van der Waals surface area contributed by atoms with Crippen LogP contribution in [0.15, 0.2) is 18.2 Å². The summed E-state index contributed by atoms with van der Waals surface area (Å²) in [6, 6.07) is 5.50. The van der Waals surface area contributed by atoms with Gasteiger partial charge in [-0.2, -0.15) is 0 Å². The molecule has 0 atom stereocenters. The van der Waals surface area contributed by atoms with Crippen molar-refractivity contribution in [3.8, 4) is 5.75 Å². The highest BCUT2D eigenvalue weighted by atomic mass is 16.5. The molecule has 2 N–H and O–H groups in total. The molecule has 0 aromatic heterocycles. The Morgan fingerprint density at radius 1 is 1.28 bits per heavy atom. The summed E-state index contributed by atoms with van der Waals surface area (Å²) >= 11 is 0. The van der Waals surface area contributed by atoms with E-state index in [0.717, 1.165) is 31.6 Å². The molecule has 0 bridgehead atoms. The van der Waals surface area contributed by atoms with Crippen molar-refractivity contribution in [1.29, 1.82) is 0 Å². The van der Waals surface area contributed by atoms with Crippen molar-refractivity contribution in [3.05, 3.63) is 18.2 Å². The van der Waals surface area contributed by atoms with Gasteiger partial charge in [-0.25, -0.2) is 4.79 Å². The van der Waals surface area contributed by atoms with Crippen molar-refractivity contribution in [2.75, 3.05) is 50.1 Å². The number of benzene rings is 1. The van der Waals surface area contributed by atoms with E-state index in [2.05, 4.69) is 29.4 Å². The number of hydrogen-bond acceptors (Lipinski definition) is 4. The van der Waals surface area contributed by atoms with Crippen molar-refractivity contribution < 1.29 is 14.3 Å². The average Bonchev–Trinajstić information content (AvgIpc) is 2.61. The third-order valence-corrected chi connectivity index (χ3v) is 4.27. The molecule has 1 aromatic carbocycles. The molecule has 3 amide bonds. The minimum Gasteiger partial charge on any atom is -0.495 e. The second kappa shape index (κ2) is 9.15. The van der Waals surface area contributed by atoms with Gasteiger partial charge in [0.1, 0.15) is 5.75 Å². The molecule has 138 valence electrons. The molecule has 1 aliphatic heterocycles. The smallest absolute Gasteiger partial charge is 0.319 e. The van der Waals surface area contributed by atoms with E-state index in [9.17, 15) is 9.59 Å². The summed E-state index contributed by atoms with van der Waals surface area (Å²) in [5.74, 6) is 1.16. The summed E-state index contributed by atoms with van der Waals surface area (Å²) in [5.41, 5.74) is 1.64. The molecule has 0 aliphatic carbocycles. The molecular weight excluding hydrogens is 320 g/mol. The third-order valence-electron chi connectivity index (χ3n) is 4.27. The first-order valence-corrected chi connectivity index (χ1v) is 8.70. The highest BCUT2D eigenvalue weighted by Gasteiger charge is 2.17. The molecule has 7 heteroatoms. The van der Waals surface area contributed by atoms with Gasteiger partial charge in [-0.05, 0) is 30.5 Å². The predicted molar refractivity (Wildman–Crippen MR) is 99.3 cm³/mol. The van der Waals surface area contributed by atoms with Gasteiger partial charge in [0, 0.05) is 38.4 Å². The number of hydrogen-bond donors (Lipinski definition) is 2. The van der Waals surface area contributed by atoms with Gasteiger partial charge in [-0.15, -0.1) is 0 Å². The quantitative estimate of drug-likeness (QED) is 0.741. The Balaban J connectivity index is 2.01. The number of carbonyl (C=O) groups is 2. The maximum atomic E-state index is 12.1. The molecule has 0 saturated carbocycles. The zero-order valence-electron chi connectivity index (χ0n) is 15.2. The Morgan fingerprint density at radius 2 is 2.00 bits per heavy atom. The van der Waals surface area contributed by atoms with Gasteiger partial charge in [0.25, 0.3) is 0 Å². The lowest BCUT2D eigenvalue weighted by atomic mass is 10.1. The number of nitrogens with one attached hydrogen (secondary N) is 2. The van der Waals surface area contributed by atoms with E-state index < -0.39 is 0 Å². The second-order valence-corrected chi connectivity index (χ2v) is 6.58. The van der Waals surface area contributed by atoms with Gasteiger partial charge < -0.3 is 25.2 Å². The molecule has 1 heterocycles. The van der Waals surface area contributed by atoms with E-state index >= 15 is 0 Å². The minimum absolute atomic E-state index is 0.234. The summed E-state index contributed by atoms with van der Waals surface area (Å²) in [6.07, 6.45) is 1.82. The van der Waals surface area contributed by atoms with Crippen LogP contribution in [-0.4, -0.2) is 57.2 Å². The topological polar surface area (TPSA) is 73.9 Å². The first kappa shape index (κ1) is 18.9. The number of anilines is 2. The third kappa shape index (κ3) is 5.55. The number of amides is 3. The largest absolute Gasteiger partial charge is 0.495 e. The fourth-order valence-corrected chi connectivity index (χ4v) is 2.72. The molecule has 1 aromatic rings. The van der Waals surface area contributed by atoms with E-state index in [0.29, 0.717) is 37.0 Å². The molecule has 25 heavy (non-hydrogen) atoms. The van der Waals surface area contributed by atoms with Crippen LogP contribution in [0.25, 0.3) is 0 Å². The highest BCUT2D eigenvalue weighted by Crippen LogP contribution is 2.30. The van der Waals surface area contributed by atoms with Gasteiger partial charge >= 0.3 is 6.03 Å². The summed E-state index contributed by atoms with van der Waals surface area (Å²) in [5, 5.41) is 5.73. The van der Waals surface area contributed by atoms with Crippen LogP contribution in [0.2, 0.25) is 0 Å². The van der Waals surface area contributed by atoms with Crippen molar-refractivity contribution in [3.63, 3.8) is 0 Å². The molecular formula is C18H28N4O3. The molecule has 1 fully saturated rings. The number of nitrogens with zero attached hydrogens (tertiary/aromatic N) is 2. The molecule has 1 aliphatic rings. The van der Waals surface area contributed by atoms with E-state index in [1.165, 1.54) is 0 Å². The van der Waals surface area contributed by atoms with E-state index in [-0.39, 0.29) is 6.03 Å². The molecule has 0 radical (unpaired) electrons. The van der Waals surface area contributed by atoms with Crippen LogP contribution in [0.1, 0.15) is 20.3 Å². The monoisotopic (exact) mass is 348 g/mol. The lowest BCUT2D eigenvalue weighted by molar-refractivity contribution is -0.118. The molecule has 2 rings (SSSR count). The Hall–Kier alpha value is -2.44. The summed E-state index contributed by atoms with van der Waals surface area (Å²) in [6.45, 7) is 7.82. The van der Waals surface area contributed by atoms with Gasteiger partial charge in [0.15, 0.2) is 0 Å². The normalized spacial score (nSPS) is 14.4. The average molecular weight is 348 g/mol. The number of urea groups is 1. The van der Waals surface area contributed by atoms with Crippen LogP contribution < -0.4 is 20.3 Å². The van der Waals surface area contributed by atoms with Gasteiger partial charge in [-0.1, -0.05) is 13.8 Å². The fraction of sp³-hybridized carbons (Fsp3) is 0.556. The maximum Gasteiger partial charge on any atom is 0.319 e. The predicted octanol–water partition coefficient (Wildman–Crippen LogP) is 2.14. The number of rotatable bonds is 7. The Labute approximate surface area is 149 Å². The van der Waals surface area contributed by atoms with Crippen LogP contribution in [0.4, 0.5) is 16.2 Å². The van der Waals surface area contributed by atoms with Crippen molar-refractivity contribution in [1.82, 2.24) is 10.2 Å². The molecule has 0 unspecified atom stereocenters. The SMILES string of the molecule is COc1ccc(N2CCN(C=O)CC2)cc1NC(=O)NCCC(C)C. The first-order valence-electron chi connectivity index (χ1n) is 8.70. The number of methoxy groups -OCH3 is 1. The van der Waals surface area contributed by atoms with Crippen LogP contribution >= 0.6 is 0 Å². The zero-order valence-corrected chi connectivity index (χ0v) is 15.2. The van der Waals surface area contributed by atoms with Crippen molar-refractivity contribution in [2.45, 2.75) is 20.3 Å². The lowest BCUT2D eigenvalue weighted by Gasteiger charge is -2.34. The van der Waals surface area contributed by atoms with E-state index in [1.807, 2.05) is 18.2 Å². The van der Waals surface area contributed by atoms with Crippen LogP contribution in [-0.2, 0) is 4.79 Å². The molecule has 0 spiro atoms. The molecule has 7 nitrogen and oxygen atoms in total. The zero-order chi connectivity index (χ0) is 18.2. The highest BCUT2D eigenvalue weighted by molar-refractivity contribution is 5.91. The Morgan fingerprint density at radius 3 is 2.60 bits per heavy atom. The fourth-order valence-electron chi connectivity index (χ4n) is 2.72. The number of ether oxygens (including phenoxy) is 1. The standard InChI is InChI=1S/C18H28N4O3/c1-14(2)6-7-19-18(24)20-16-12-15(4-5-17(16)25-3)22-10-8-21(13-23)9-11-22/h4-5,12-14H,6-11H2,1-3H3,(H2,19,20,24). The number of piperazine rings is 1. The van der Waals surface area contributed by atoms with Gasteiger partial charge in [0.2, 0.25) is 6.41 Å². The van der Waals surface area contributed by atoms with Gasteiger partial charge in [-0.3, -0.25) is 4.79 Å². The van der Waals surface area contributed by atoms with Crippen molar-refractivity contribution in [2.24, 2.45) is 5.92 Å². The lowest BCUT2D eigenvalue weighted by Crippen LogP contribution is -2.45. The Kier molecular flexibility index (Phi) is 6.91. The summed E-state index contributed by atoms with van der Waals surface area (Å²) < 4.78 is 5.35. The van der Waals surface area contributed by atoms with Crippen molar-refractivity contribution >= 4 is 23.8 Å².